The third-order valence-corrected chi connectivity index (χ3v) is 5.49. The summed E-state index contributed by atoms with van der Waals surface area (Å²) in [6.07, 6.45) is 6.60. The smallest absolute Gasteiger partial charge is 0.223 e. The summed E-state index contributed by atoms with van der Waals surface area (Å²) in [6, 6.07) is 2.20. The first-order valence-corrected chi connectivity index (χ1v) is 8.86. The number of ether oxygens (including phenoxy) is 1. The van der Waals surface area contributed by atoms with Crippen molar-refractivity contribution in [3.63, 3.8) is 0 Å². The van der Waals surface area contributed by atoms with Crippen LogP contribution in [0, 0.1) is 13.8 Å². The van der Waals surface area contributed by atoms with Crippen LogP contribution in [0.3, 0.4) is 0 Å². The van der Waals surface area contributed by atoms with E-state index in [-0.39, 0.29) is 12.0 Å². The number of aromatic nitrogens is 3. The molecule has 6 heteroatoms. The highest BCUT2D eigenvalue weighted by Crippen LogP contribution is 2.30. The van der Waals surface area contributed by atoms with Crippen LogP contribution in [0.25, 0.3) is 5.65 Å². The number of fused-ring (bicyclic) bond motifs is 2. The number of hydrogen-bond acceptors (Lipinski definition) is 4. The van der Waals surface area contributed by atoms with E-state index in [1.54, 1.807) is 6.20 Å². The summed E-state index contributed by atoms with van der Waals surface area (Å²) in [7, 11) is 0. The van der Waals surface area contributed by atoms with Gasteiger partial charge in [-0.25, -0.2) is 9.50 Å². The molecule has 2 aliphatic rings. The van der Waals surface area contributed by atoms with Gasteiger partial charge in [0, 0.05) is 30.4 Å². The van der Waals surface area contributed by atoms with Gasteiger partial charge in [0.25, 0.3) is 0 Å². The third kappa shape index (κ3) is 2.59. The molecule has 4 rings (SSSR count). The quantitative estimate of drug-likeness (QED) is 0.865. The largest absolute Gasteiger partial charge is 0.374 e. The van der Waals surface area contributed by atoms with Crippen LogP contribution < -0.4 is 0 Å². The van der Waals surface area contributed by atoms with Crippen LogP contribution in [-0.4, -0.2) is 50.7 Å². The topological polar surface area (TPSA) is 59.7 Å². The number of nitrogens with zero attached hydrogens (tertiary/aromatic N) is 4. The molecule has 2 fully saturated rings. The van der Waals surface area contributed by atoms with Gasteiger partial charge in [-0.15, -0.1) is 0 Å². The Balaban J connectivity index is 1.49. The van der Waals surface area contributed by atoms with E-state index in [1.165, 1.54) is 0 Å². The summed E-state index contributed by atoms with van der Waals surface area (Å²) in [5.41, 5.74) is 4.07. The zero-order valence-electron chi connectivity index (χ0n) is 14.4. The van der Waals surface area contributed by atoms with Crippen LogP contribution in [0.15, 0.2) is 12.3 Å². The summed E-state index contributed by atoms with van der Waals surface area (Å²) in [4.78, 5) is 19.4. The van der Waals surface area contributed by atoms with Crippen molar-refractivity contribution in [3.05, 3.63) is 29.2 Å². The molecule has 0 radical (unpaired) electrons. The predicted molar refractivity (Wildman–Crippen MR) is 89.9 cm³/mol. The molecule has 1 saturated carbocycles. The molecule has 0 bridgehead atoms. The maximum Gasteiger partial charge on any atom is 0.223 e. The molecule has 0 N–H and O–H groups in total. The number of carbonyl (C=O) groups excluding carboxylic acids is 1. The lowest BCUT2D eigenvalue weighted by Crippen LogP contribution is -2.51. The lowest BCUT2D eigenvalue weighted by atomic mass is 10.0. The third-order valence-electron chi connectivity index (χ3n) is 5.49. The number of carbonyl (C=O) groups is 1. The molecule has 2 aromatic rings. The Bertz CT molecular complexity index is 770. The molecule has 0 unspecified atom stereocenters. The van der Waals surface area contributed by atoms with Crippen molar-refractivity contribution in [2.45, 2.75) is 58.1 Å². The Morgan fingerprint density at radius 2 is 2.25 bits per heavy atom. The lowest BCUT2D eigenvalue weighted by Gasteiger charge is -2.37. The van der Waals surface area contributed by atoms with Gasteiger partial charge in [0.05, 0.1) is 24.9 Å². The number of morpholine rings is 1. The first-order valence-electron chi connectivity index (χ1n) is 8.86. The zero-order valence-corrected chi connectivity index (χ0v) is 14.4. The van der Waals surface area contributed by atoms with Gasteiger partial charge in [-0.1, -0.05) is 0 Å². The number of amides is 1. The SMILES string of the molecule is Cc1nc2ccnn2c(C)c1CCC(=O)N1CCO[C@H]2CCC[C@@H]21. The van der Waals surface area contributed by atoms with Gasteiger partial charge >= 0.3 is 0 Å². The van der Waals surface area contributed by atoms with Gasteiger partial charge in [0.15, 0.2) is 5.65 Å². The number of rotatable bonds is 3. The molecule has 128 valence electrons. The van der Waals surface area contributed by atoms with Crippen molar-refractivity contribution in [2.75, 3.05) is 13.2 Å². The van der Waals surface area contributed by atoms with E-state index in [0.29, 0.717) is 25.5 Å². The minimum atomic E-state index is 0.245. The fourth-order valence-corrected chi connectivity index (χ4v) is 4.24. The summed E-state index contributed by atoms with van der Waals surface area (Å²) in [6.45, 7) is 5.47. The molecular formula is C18H24N4O2. The van der Waals surface area contributed by atoms with Gasteiger partial charge in [0.1, 0.15) is 0 Å². The van der Waals surface area contributed by atoms with Crippen molar-refractivity contribution >= 4 is 11.6 Å². The maximum atomic E-state index is 12.8. The Morgan fingerprint density at radius 1 is 1.38 bits per heavy atom. The average Bonchev–Trinajstić information content (AvgIpc) is 3.22. The molecule has 1 aliphatic heterocycles. The standard InChI is InChI=1S/C18H24N4O2/c1-12-14(13(2)22-17(20-12)8-9-19-22)6-7-18(23)21-10-11-24-16-5-3-4-15(16)21/h8-9,15-16H,3-7,10-11H2,1-2H3/t15-,16-/m0/s1. The summed E-state index contributed by atoms with van der Waals surface area (Å²) in [5, 5.41) is 4.32. The Labute approximate surface area is 141 Å². The summed E-state index contributed by atoms with van der Waals surface area (Å²) < 4.78 is 7.66. The van der Waals surface area contributed by atoms with Gasteiger partial charge in [-0.2, -0.15) is 5.10 Å². The molecule has 0 aromatic carbocycles. The summed E-state index contributed by atoms with van der Waals surface area (Å²) >= 11 is 0. The second kappa shape index (κ2) is 6.16. The van der Waals surface area contributed by atoms with Crippen LogP contribution >= 0.6 is 0 Å². The molecule has 1 amide bonds. The van der Waals surface area contributed by atoms with E-state index in [4.69, 9.17) is 4.74 Å². The lowest BCUT2D eigenvalue weighted by molar-refractivity contribution is -0.143. The van der Waals surface area contributed by atoms with E-state index >= 15 is 0 Å². The number of hydrogen-bond donors (Lipinski definition) is 0. The van der Waals surface area contributed by atoms with Gasteiger partial charge < -0.3 is 9.64 Å². The predicted octanol–water partition coefficient (Wildman–Crippen LogP) is 2.06. The highest BCUT2D eigenvalue weighted by atomic mass is 16.5. The molecule has 6 nitrogen and oxygen atoms in total. The van der Waals surface area contributed by atoms with Gasteiger partial charge in [-0.05, 0) is 45.1 Å². The minimum Gasteiger partial charge on any atom is -0.374 e. The fourth-order valence-electron chi connectivity index (χ4n) is 4.24. The Hall–Kier alpha value is -1.95. The van der Waals surface area contributed by atoms with Crippen molar-refractivity contribution in [2.24, 2.45) is 0 Å². The minimum absolute atomic E-state index is 0.245. The molecule has 2 aromatic heterocycles. The Morgan fingerprint density at radius 3 is 3.12 bits per heavy atom. The van der Waals surface area contributed by atoms with Crippen LogP contribution in [-0.2, 0) is 16.0 Å². The summed E-state index contributed by atoms with van der Waals surface area (Å²) in [5.74, 6) is 0.245. The van der Waals surface area contributed by atoms with Crippen LogP contribution in [0.1, 0.15) is 42.6 Å². The first kappa shape index (κ1) is 15.6. The van der Waals surface area contributed by atoms with Crippen LogP contribution in [0.2, 0.25) is 0 Å². The molecule has 0 spiro atoms. The first-order chi connectivity index (χ1) is 11.6. The highest BCUT2D eigenvalue weighted by molar-refractivity contribution is 5.77. The van der Waals surface area contributed by atoms with E-state index in [0.717, 1.165) is 48.4 Å². The molecule has 1 saturated heterocycles. The van der Waals surface area contributed by atoms with E-state index in [1.807, 2.05) is 17.5 Å². The average molecular weight is 328 g/mol. The fraction of sp³-hybridized carbons (Fsp3) is 0.611. The number of aryl methyl sites for hydroxylation is 2. The molecule has 1 aliphatic carbocycles. The molecule has 24 heavy (non-hydrogen) atoms. The van der Waals surface area contributed by atoms with E-state index in [9.17, 15) is 4.79 Å². The maximum absolute atomic E-state index is 12.8. The van der Waals surface area contributed by atoms with Crippen molar-refractivity contribution in [1.82, 2.24) is 19.5 Å². The van der Waals surface area contributed by atoms with Crippen LogP contribution in [0.4, 0.5) is 0 Å². The van der Waals surface area contributed by atoms with Crippen molar-refractivity contribution in [1.29, 1.82) is 0 Å². The normalized spacial score (nSPS) is 23.7. The van der Waals surface area contributed by atoms with Crippen LogP contribution in [0.5, 0.6) is 0 Å². The second-order valence-corrected chi connectivity index (χ2v) is 6.86. The monoisotopic (exact) mass is 328 g/mol. The second-order valence-electron chi connectivity index (χ2n) is 6.86. The van der Waals surface area contributed by atoms with Crippen molar-refractivity contribution < 1.29 is 9.53 Å². The Kier molecular flexibility index (Phi) is 4.00. The molecule has 3 heterocycles. The van der Waals surface area contributed by atoms with E-state index in [2.05, 4.69) is 21.9 Å². The zero-order chi connectivity index (χ0) is 16.7. The van der Waals surface area contributed by atoms with Gasteiger partial charge in [0.2, 0.25) is 5.91 Å². The molecular weight excluding hydrogens is 304 g/mol. The van der Waals surface area contributed by atoms with E-state index < -0.39 is 0 Å². The highest BCUT2D eigenvalue weighted by Gasteiger charge is 2.38. The molecule has 2 atom stereocenters. The van der Waals surface area contributed by atoms with Gasteiger partial charge in [-0.3, -0.25) is 4.79 Å². The van der Waals surface area contributed by atoms with Crippen molar-refractivity contribution in [3.8, 4) is 0 Å².